The molecule has 1 aromatic heterocycles. The lowest BCUT2D eigenvalue weighted by atomic mass is 10.1. The standard InChI is InChI=1S/C13H15N3O4S/c1-7(14-12(19)9-4-3-5-21-9)13(20)16-6-10(17)15-11(18)8(16)2/h3-5,7-8H,6H2,1-2H3,(H,14,19)(H,15,17,18). The molecule has 2 unspecified atom stereocenters. The van der Waals surface area contributed by atoms with Gasteiger partial charge in [0.2, 0.25) is 17.7 Å². The molecule has 0 radical (unpaired) electrons. The zero-order valence-electron chi connectivity index (χ0n) is 11.6. The number of piperazine rings is 1. The number of rotatable bonds is 3. The average Bonchev–Trinajstić information content (AvgIpc) is 2.96. The molecule has 2 atom stereocenters. The van der Waals surface area contributed by atoms with Gasteiger partial charge in [0.1, 0.15) is 18.6 Å². The number of imide groups is 1. The molecule has 0 bridgehead atoms. The Kier molecular flexibility index (Phi) is 4.37. The Morgan fingerprint density at radius 3 is 2.81 bits per heavy atom. The fraction of sp³-hybridized carbons (Fsp3) is 0.385. The van der Waals surface area contributed by atoms with Crippen molar-refractivity contribution in [1.82, 2.24) is 15.5 Å². The van der Waals surface area contributed by atoms with Gasteiger partial charge in [0.05, 0.1) is 4.88 Å². The number of hydrogen-bond donors (Lipinski definition) is 2. The molecule has 1 fully saturated rings. The van der Waals surface area contributed by atoms with E-state index in [2.05, 4.69) is 10.6 Å². The van der Waals surface area contributed by atoms with Gasteiger partial charge in [-0.05, 0) is 25.3 Å². The third-order valence-corrected chi connectivity index (χ3v) is 4.04. The third kappa shape index (κ3) is 3.27. The van der Waals surface area contributed by atoms with Crippen molar-refractivity contribution in [2.24, 2.45) is 0 Å². The molecule has 1 saturated heterocycles. The van der Waals surface area contributed by atoms with Crippen molar-refractivity contribution in [3.8, 4) is 0 Å². The molecule has 0 saturated carbocycles. The molecule has 7 nitrogen and oxygen atoms in total. The van der Waals surface area contributed by atoms with Gasteiger partial charge in [-0.2, -0.15) is 0 Å². The van der Waals surface area contributed by atoms with Crippen LogP contribution in [-0.4, -0.2) is 47.2 Å². The van der Waals surface area contributed by atoms with Crippen LogP contribution in [0.1, 0.15) is 23.5 Å². The van der Waals surface area contributed by atoms with Crippen molar-refractivity contribution < 1.29 is 19.2 Å². The highest BCUT2D eigenvalue weighted by Crippen LogP contribution is 2.10. The zero-order valence-corrected chi connectivity index (χ0v) is 12.4. The molecule has 0 aliphatic carbocycles. The molecule has 2 rings (SSSR count). The number of thiophene rings is 1. The van der Waals surface area contributed by atoms with Crippen molar-refractivity contribution in [1.29, 1.82) is 0 Å². The maximum Gasteiger partial charge on any atom is 0.261 e. The van der Waals surface area contributed by atoms with Gasteiger partial charge in [-0.25, -0.2) is 0 Å². The monoisotopic (exact) mass is 309 g/mol. The van der Waals surface area contributed by atoms with E-state index in [-0.39, 0.29) is 12.5 Å². The van der Waals surface area contributed by atoms with Gasteiger partial charge in [-0.15, -0.1) is 11.3 Å². The van der Waals surface area contributed by atoms with Crippen LogP contribution in [-0.2, 0) is 14.4 Å². The molecule has 1 aliphatic rings. The van der Waals surface area contributed by atoms with E-state index in [1.165, 1.54) is 30.1 Å². The number of hydrogen-bond acceptors (Lipinski definition) is 5. The van der Waals surface area contributed by atoms with E-state index in [0.29, 0.717) is 4.88 Å². The summed E-state index contributed by atoms with van der Waals surface area (Å²) in [5, 5.41) is 6.49. The summed E-state index contributed by atoms with van der Waals surface area (Å²) < 4.78 is 0. The summed E-state index contributed by atoms with van der Waals surface area (Å²) in [6.45, 7) is 2.87. The minimum atomic E-state index is -0.819. The number of nitrogens with one attached hydrogen (secondary N) is 2. The molecular formula is C13H15N3O4S. The lowest BCUT2D eigenvalue weighted by molar-refractivity contribution is -0.150. The van der Waals surface area contributed by atoms with Gasteiger partial charge in [0.25, 0.3) is 5.91 Å². The first kappa shape index (κ1) is 15.2. The molecular weight excluding hydrogens is 294 g/mol. The molecule has 1 aliphatic heterocycles. The lowest BCUT2D eigenvalue weighted by Crippen LogP contribution is -2.61. The normalized spacial score (nSPS) is 19.9. The fourth-order valence-corrected chi connectivity index (χ4v) is 2.60. The Hall–Kier alpha value is -2.22. The highest BCUT2D eigenvalue weighted by molar-refractivity contribution is 7.12. The van der Waals surface area contributed by atoms with E-state index < -0.39 is 29.8 Å². The van der Waals surface area contributed by atoms with E-state index in [1.807, 2.05) is 0 Å². The Morgan fingerprint density at radius 1 is 1.48 bits per heavy atom. The van der Waals surface area contributed by atoms with E-state index in [9.17, 15) is 19.2 Å². The predicted molar refractivity (Wildman–Crippen MR) is 75.6 cm³/mol. The van der Waals surface area contributed by atoms with Crippen molar-refractivity contribution in [2.45, 2.75) is 25.9 Å². The second kappa shape index (κ2) is 6.04. The second-order valence-electron chi connectivity index (χ2n) is 4.73. The summed E-state index contributed by atoms with van der Waals surface area (Å²) in [5.41, 5.74) is 0. The van der Waals surface area contributed by atoms with E-state index in [0.717, 1.165) is 0 Å². The highest BCUT2D eigenvalue weighted by atomic mass is 32.1. The molecule has 0 spiro atoms. The Labute approximate surface area is 125 Å². The summed E-state index contributed by atoms with van der Waals surface area (Å²) >= 11 is 1.27. The predicted octanol–water partition coefficient (Wildman–Crippen LogP) is -0.260. The molecule has 2 heterocycles. The molecule has 0 aromatic carbocycles. The van der Waals surface area contributed by atoms with Crippen LogP contribution in [0.25, 0.3) is 0 Å². The summed E-state index contributed by atoms with van der Waals surface area (Å²) in [6, 6.07) is 1.83. The molecule has 1 aromatic rings. The Morgan fingerprint density at radius 2 is 2.19 bits per heavy atom. The van der Waals surface area contributed by atoms with E-state index >= 15 is 0 Å². The number of amides is 4. The van der Waals surface area contributed by atoms with Gasteiger partial charge in [-0.3, -0.25) is 24.5 Å². The Bertz CT molecular complexity index is 584. The molecule has 4 amide bonds. The van der Waals surface area contributed by atoms with Crippen LogP contribution in [0.2, 0.25) is 0 Å². The van der Waals surface area contributed by atoms with E-state index in [4.69, 9.17) is 0 Å². The quantitative estimate of drug-likeness (QED) is 0.752. The number of nitrogens with zero attached hydrogens (tertiary/aromatic N) is 1. The first-order valence-electron chi connectivity index (χ1n) is 6.38. The summed E-state index contributed by atoms with van der Waals surface area (Å²) in [5.74, 6) is -1.86. The molecule has 21 heavy (non-hydrogen) atoms. The minimum absolute atomic E-state index is 0.190. The summed E-state index contributed by atoms with van der Waals surface area (Å²) in [4.78, 5) is 48.7. The van der Waals surface area contributed by atoms with Crippen LogP contribution in [0, 0.1) is 0 Å². The number of carbonyl (C=O) groups is 4. The van der Waals surface area contributed by atoms with Gasteiger partial charge < -0.3 is 10.2 Å². The van der Waals surface area contributed by atoms with Crippen LogP contribution in [0.15, 0.2) is 17.5 Å². The number of carbonyl (C=O) groups excluding carboxylic acids is 4. The van der Waals surface area contributed by atoms with Crippen LogP contribution < -0.4 is 10.6 Å². The van der Waals surface area contributed by atoms with Gasteiger partial charge in [0.15, 0.2) is 0 Å². The van der Waals surface area contributed by atoms with Crippen LogP contribution in [0.3, 0.4) is 0 Å². The topological polar surface area (TPSA) is 95.6 Å². The highest BCUT2D eigenvalue weighted by Gasteiger charge is 2.35. The molecule has 112 valence electrons. The second-order valence-corrected chi connectivity index (χ2v) is 5.67. The van der Waals surface area contributed by atoms with E-state index in [1.54, 1.807) is 17.5 Å². The van der Waals surface area contributed by atoms with Gasteiger partial charge in [0, 0.05) is 0 Å². The maximum atomic E-state index is 12.3. The third-order valence-electron chi connectivity index (χ3n) is 3.17. The molecule has 2 N–H and O–H groups in total. The molecule has 8 heteroatoms. The Balaban J connectivity index is 2.03. The smallest absolute Gasteiger partial charge is 0.261 e. The largest absolute Gasteiger partial charge is 0.340 e. The lowest BCUT2D eigenvalue weighted by Gasteiger charge is -2.33. The SMILES string of the molecule is CC(NC(=O)c1cccs1)C(=O)N1CC(=O)NC(=O)C1C. The van der Waals surface area contributed by atoms with Crippen LogP contribution in [0.4, 0.5) is 0 Å². The average molecular weight is 309 g/mol. The summed E-state index contributed by atoms with van der Waals surface area (Å²) in [6.07, 6.45) is 0. The fourth-order valence-electron chi connectivity index (χ4n) is 1.97. The van der Waals surface area contributed by atoms with Crippen LogP contribution >= 0.6 is 11.3 Å². The van der Waals surface area contributed by atoms with Gasteiger partial charge >= 0.3 is 0 Å². The minimum Gasteiger partial charge on any atom is -0.340 e. The van der Waals surface area contributed by atoms with Crippen molar-refractivity contribution in [2.75, 3.05) is 6.54 Å². The van der Waals surface area contributed by atoms with Crippen LogP contribution in [0.5, 0.6) is 0 Å². The zero-order chi connectivity index (χ0) is 15.6. The van der Waals surface area contributed by atoms with Crippen molar-refractivity contribution in [3.63, 3.8) is 0 Å². The van der Waals surface area contributed by atoms with Crippen molar-refractivity contribution >= 4 is 35.0 Å². The summed E-state index contributed by atoms with van der Waals surface area (Å²) in [7, 11) is 0. The first-order valence-corrected chi connectivity index (χ1v) is 7.26. The maximum absolute atomic E-state index is 12.3. The van der Waals surface area contributed by atoms with Gasteiger partial charge in [-0.1, -0.05) is 6.07 Å². The first-order chi connectivity index (χ1) is 9.90. The van der Waals surface area contributed by atoms with Crippen molar-refractivity contribution in [3.05, 3.63) is 22.4 Å².